The molecule has 0 unspecified atom stereocenters. The Kier molecular flexibility index (Phi) is 7.80. The van der Waals surface area contributed by atoms with Gasteiger partial charge in [0, 0.05) is 50.5 Å². The first-order valence-electron chi connectivity index (χ1n) is 13.0. The third-order valence-electron chi connectivity index (χ3n) is 7.10. The topological polar surface area (TPSA) is 63.3 Å². The van der Waals surface area contributed by atoms with Crippen LogP contribution in [-0.2, 0) is 6.54 Å². The maximum atomic E-state index is 12.4. The molecule has 7 nitrogen and oxygen atoms in total. The van der Waals surface area contributed by atoms with Crippen LogP contribution in [-0.4, -0.2) is 56.9 Å². The van der Waals surface area contributed by atoms with E-state index < -0.39 is 0 Å². The fourth-order valence-corrected chi connectivity index (χ4v) is 4.82. The van der Waals surface area contributed by atoms with Gasteiger partial charge in [-0.25, -0.2) is 0 Å². The highest BCUT2D eigenvalue weighted by molar-refractivity contribution is 5.94. The first kappa shape index (κ1) is 25.0. The Morgan fingerprint density at radius 3 is 2.62 bits per heavy atom. The van der Waals surface area contributed by atoms with E-state index in [0.29, 0.717) is 30.2 Å². The second kappa shape index (κ2) is 11.6. The lowest BCUT2D eigenvalue weighted by Gasteiger charge is -2.37. The van der Waals surface area contributed by atoms with Gasteiger partial charge in [0.2, 0.25) is 6.79 Å². The smallest absolute Gasteiger partial charge is 0.251 e. The Balaban J connectivity index is 1.03. The highest BCUT2D eigenvalue weighted by Gasteiger charge is 2.19. The molecule has 0 saturated carbocycles. The van der Waals surface area contributed by atoms with Crippen LogP contribution in [0, 0.1) is 13.8 Å². The zero-order valence-corrected chi connectivity index (χ0v) is 21.7. The van der Waals surface area contributed by atoms with Crippen molar-refractivity contribution in [3.8, 4) is 17.2 Å². The van der Waals surface area contributed by atoms with Crippen molar-refractivity contribution in [1.82, 2.24) is 10.2 Å². The molecule has 1 saturated heterocycles. The van der Waals surface area contributed by atoms with Crippen LogP contribution >= 0.6 is 0 Å². The first-order chi connectivity index (χ1) is 18.1. The van der Waals surface area contributed by atoms with Crippen LogP contribution in [0.25, 0.3) is 0 Å². The predicted octanol–water partition coefficient (Wildman–Crippen LogP) is 4.55. The Bertz CT molecular complexity index is 1240. The maximum Gasteiger partial charge on any atom is 0.251 e. The molecule has 1 fully saturated rings. The molecule has 0 bridgehead atoms. The number of ether oxygens (including phenoxy) is 3. The van der Waals surface area contributed by atoms with Crippen molar-refractivity contribution < 1.29 is 19.0 Å². The van der Waals surface area contributed by atoms with Crippen molar-refractivity contribution in [2.45, 2.75) is 26.8 Å². The second-order valence-corrected chi connectivity index (χ2v) is 9.66. The van der Waals surface area contributed by atoms with Gasteiger partial charge in [-0.05, 0) is 73.4 Å². The molecule has 7 heteroatoms. The van der Waals surface area contributed by atoms with Crippen molar-refractivity contribution in [3.05, 3.63) is 82.9 Å². The number of carbonyl (C=O) groups excluding carboxylic acids is 1. The van der Waals surface area contributed by atoms with E-state index in [-0.39, 0.29) is 12.7 Å². The van der Waals surface area contributed by atoms with Crippen molar-refractivity contribution in [2.24, 2.45) is 0 Å². The minimum atomic E-state index is -0.127. The number of aryl methyl sites for hydroxylation is 1. The lowest BCUT2D eigenvalue weighted by atomic mass is 10.1. The van der Waals surface area contributed by atoms with Crippen LogP contribution in [0.15, 0.2) is 60.7 Å². The van der Waals surface area contributed by atoms with Gasteiger partial charge in [0.15, 0.2) is 11.5 Å². The van der Waals surface area contributed by atoms with Gasteiger partial charge >= 0.3 is 0 Å². The molecule has 0 spiro atoms. The fourth-order valence-electron chi connectivity index (χ4n) is 4.82. The van der Waals surface area contributed by atoms with Crippen LogP contribution in [0.4, 0.5) is 5.69 Å². The molecule has 194 valence electrons. The molecule has 1 amide bonds. The van der Waals surface area contributed by atoms with E-state index in [9.17, 15) is 4.79 Å². The SMILES string of the molecule is Cc1cccc(N2CCN(Cc3cccc(OCCCNC(=O)c4ccc5c(c4)OCO5)c3)CC2)c1C. The van der Waals surface area contributed by atoms with Gasteiger partial charge in [-0.3, -0.25) is 9.69 Å². The van der Waals surface area contributed by atoms with Crippen LogP contribution in [0.3, 0.4) is 0 Å². The number of piperazine rings is 1. The van der Waals surface area contributed by atoms with Gasteiger partial charge in [0.25, 0.3) is 5.91 Å². The standard InChI is InChI=1S/C30H35N3O4/c1-22-6-3-9-27(23(22)2)33-15-13-32(14-16-33)20-24-7-4-8-26(18-24)35-17-5-12-31-30(34)25-10-11-28-29(19-25)37-21-36-28/h3-4,6-11,18-19H,5,12-17,20-21H2,1-2H3,(H,31,34). The number of fused-ring (bicyclic) bond motifs is 1. The third-order valence-corrected chi connectivity index (χ3v) is 7.10. The Morgan fingerprint density at radius 2 is 1.76 bits per heavy atom. The molecule has 0 aromatic heterocycles. The van der Waals surface area contributed by atoms with E-state index in [1.165, 1.54) is 22.4 Å². The van der Waals surface area contributed by atoms with Gasteiger partial charge in [0.1, 0.15) is 5.75 Å². The largest absolute Gasteiger partial charge is 0.494 e. The van der Waals surface area contributed by atoms with Gasteiger partial charge in [-0.2, -0.15) is 0 Å². The fraction of sp³-hybridized carbons (Fsp3) is 0.367. The third kappa shape index (κ3) is 6.17. The summed E-state index contributed by atoms with van der Waals surface area (Å²) in [5.74, 6) is 2.03. The lowest BCUT2D eigenvalue weighted by molar-refractivity contribution is 0.0951. The van der Waals surface area contributed by atoms with Crippen LogP contribution in [0.5, 0.6) is 17.2 Å². The number of nitrogens with one attached hydrogen (secondary N) is 1. The molecule has 2 heterocycles. The van der Waals surface area contributed by atoms with Crippen LogP contribution in [0.1, 0.15) is 33.5 Å². The molecule has 0 radical (unpaired) electrons. The number of hydrogen-bond donors (Lipinski definition) is 1. The van der Waals surface area contributed by atoms with E-state index >= 15 is 0 Å². The molecule has 37 heavy (non-hydrogen) atoms. The number of amides is 1. The predicted molar refractivity (Wildman–Crippen MR) is 145 cm³/mol. The van der Waals surface area contributed by atoms with Gasteiger partial charge in [-0.1, -0.05) is 24.3 Å². The molecular formula is C30H35N3O4. The maximum absolute atomic E-state index is 12.4. The summed E-state index contributed by atoms with van der Waals surface area (Å²) in [6, 6.07) is 20.1. The summed E-state index contributed by atoms with van der Waals surface area (Å²) in [6.45, 7) is 10.8. The van der Waals surface area contributed by atoms with Gasteiger partial charge in [0.05, 0.1) is 6.61 Å². The lowest BCUT2D eigenvalue weighted by Crippen LogP contribution is -2.46. The normalized spacial score (nSPS) is 15.0. The van der Waals surface area contributed by atoms with E-state index in [4.69, 9.17) is 14.2 Å². The van der Waals surface area contributed by atoms with E-state index in [2.05, 4.69) is 65.4 Å². The number of rotatable bonds is 9. The zero-order chi connectivity index (χ0) is 25.6. The summed E-state index contributed by atoms with van der Waals surface area (Å²) >= 11 is 0. The molecule has 0 aliphatic carbocycles. The highest BCUT2D eigenvalue weighted by atomic mass is 16.7. The van der Waals surface area contributed by atoms with Gasteiger partial charge < -0.3 is 24.4 Å². The zero-order valence-electron chi connectivity index (χ0n) is 21.7. The summed E-state index contributed by atoms with van der Waals surface area (Å²) in [6.07, 6.45) is 0.723. The second-order valence-electron chi connectivity index (χ2n) is 9.66. The average Bonchev–Trinajstić information content (AvgIpc) is 3.39. The van der Waals surface area contributed by atoms with E-state index in [0.717, 1.165) is 44.9 Å². The number of anilines is 1. The van der Waals surface area contributed by atoms with Crippen molar-refractivity contribution in [2.75, 3.05) is 51.0 Å². The minimum Gasteiger partial charge on any atom is -0.494 e. The number of hydrogen-bond acceptors (Lipinski definition) is 6. The molecular weight excluding hydrogens is 466 g/mol. The summed E-state index contributed by atoms with van der Waals surface area (Å²) in [5, 5.41) is 2.94. The number of benzene rings is 3. The first-order valence-corrected chi connectivity index (χ1v) is 13.0. The summed E-state index contributed by atoms with van der Waals surface area (Å²) < 4.78 is 16.6. The monoisotopic (exact) mass is 501 g/mol. The Hall–Kier alpha value is -3.71. The summed E-state index contributed by atoms with van der Waals surface area (Å²) in [5.41, 5.74) is 5.92. The molecule has 3 aromatic carbocycles. The van der Waals surface area contributed by atoms with Gasteiger partial charge in [-0.15, -0.1) is 0 Å². The van der Waals surface area contributed by atoms with Crippen LogP contribution in [0.2, 0.25) is 0 Å². The molecule has 1 N–H and O–H groups in total. The van der Waals surface area contributed by atoms with Crippen molar-refractivity contribution in [1.29, 1.82) is 0 Å². The molecule has 0 atom stereocenters. The minimum absolute atomic E-state index is 0.127. The number of nitrogens with zero attached hydrogens (tertiary/aromatic N) is 2. The quantitative estimate of drug-likeness (QED) is 0.434. The molecule has 2 aliphatic rings. The highest BCUT2D eigenvalue weighted by Crippen LogP contribution is 2.32. The molecule has 2 aliphatic heterocycles. The Labute approximate surface area is 218 Å². The summed E-state index contributed by atoms with van der Waals surface area (Å²) in [7, 11) is 0. The van der Waals surface area contributed by atoms with E-state index in [1.54, 1.807) is 18.2 Å². The molecule has 5 rings (SSSR count). The molecule has 3 aromatic rings. The van der Waals surface area contributed by atoms with E-state index in [1.807, 2.05) is 6.07 Å². The number of carbonyl (C=O) groups is 1. The van der Waals surface area contributed by atoms with Crippen molar-refractivity contribution in [3.63, 3.8) is 0 Å². The average molecular weight is 502 g/mol. The van der Waals surface area contributed by atoms with Crippen LogP contribution < -0.4 is 24.4 Å². The van der Waals surface area contributed by atoms with Crippen molar-refractivity contribution >= 4 is 11.6 Å². The summed E-state index contributed by atoms with van der Waals surface area (Å²) in [4.78, 5) is 17.4. The Morgan fingerprint density at radius 1 is 0.946 bits per heavy atom.